The molecule has 0 saturated carbocycles. The Labute approximate surface area is 111 Å². The molecule has 0 atom stereocenters. The first-order valence-corrected chi connectivity index (χ1v) is 6.57. The van der Waals surface area contributed by atoms with E-state index >= 15 is 0 Å². The maximum atomic E-state index is 12.4. The number of nitrogens with one attached hydrogen (secondary N) is 2. The lowest BCUT2D eigenvalue weighted by molar-refractivity contribution is 0.0655. The molecular weight excluding hydrogens is 246 g/mol. The summed E-state index contributed by atoms with van der Waals surface area (Å²) in [5, 5.41) is 12.6. The number of H-pyrrole nitrogens is 1. The summed E-state index contributed by atoms with van der Waals surface area (Å²) < 4.78 is 0. The summed E-state index contributed by atoms with van der Waals surface area (Å²) in [7, 11) is 0. The lowest BCUT2D eigenvalue weighted by Crippen LogP contribution is -2.46. The molecule has 2 rings (SSSR count). The third kappa shape index (κ3) is 3.14. The molecule has 0 spiro atoms. The minimum absolute atomic E-state index is 0.195. The second kappa shape index (κ2) is 5.88. The summed E-state index contributed by atoms with van der Waals surface area (Å²) in [5.74, 6) is -0.479. The number of piperidine rings is 1. The van der Waals surface area contributed by atoms with Gasteiger partial charge in [0.2, 0.25) is 0 Å². The average molecular weight is 265 g/mol. The minimum atomic E-state index is -0.468. The first-order chi connectivity index (χ1) is 9.11. The predicted molar refractivity (Wildman–Crippen MR) is 71.3 cm³/mol. The molecule has 1 saturated heterocycles. The molecule has 1 aliphatic rings. The Bertz CT molecular complexity index is 506. The molecule has 0 bridgehead atoms. The Morgan fingerprint density at radius 1 is 1.42 bits per heavy atom. The van der Waals surface area contributed by atoms with Crippen LogP contribution < -0.4 is 10.9 Å². The highest BCUT2D eigenvalue weighted by Gasteiger charge is 2.25. The van der Waals surface area contributed by atoms with Gasteiger partial charge in [-0.3, -0.25) is 14.6 Å². The van der Waals surface area contributed by atoms with Crippen molar-refractivity contribution in [1.29, 1.82) is 0 Å². The van der Waals surface area contributed by atoms with Crippen LogP contribution in [0.1, 0.15) is 30.1 Å². The van der Waals surface area contributed by atoms with E-state index in [0.717, 1.165) is 25.9 Å². The topological polar surface area (TPSA) is 85.4 Å². The van der Waals surface area contributed by atoms with Crippen molar-refractivity contribution in [3.63, 3.8) is 0 Å². The van der Waals surface area contributed by atoms with Gasteiger partial charge in [-0.25, -0.2) is 0 Å². The number of nitrogens with zero attached hydrogens (tertiary/aromatic N) is 1. The van der Waals surface area contributed by atoms with Crippen LogP contribution in [0.15, 0.2) is 16.9 Å². The molecule has 0 aliphatic carbocycles. The van der Waals surface area contributed by atoms with Crippen LogP contribution in [0.3, 0.4) is 0 Å². The van der Waals surface area contributed by atoms with Gasteiger partial charge in [0.05, 0.1) is 5.56 Å². The van der Waals surface area contributed by atoms with E-state index in [9.17, 15) is 14.7 Å². The predicted octanol–water partition coefficient (Wildman–Crippen LogP) is 0.295. The number of carbonyl (C=O) groups is 1. The number of aromatic hydroxyl groups is 1. The van der Waals surface area contributed by atoms with Gasteiger partial charge in [0.25, 0.3) is 11.5 Å². The summed E-state index contributed by atoms with van der Waals surface area (Å²) in [6.07, 6.45) is 1.82. The van der Waals surface area contributed by atoms with E-state index < -0.39 is 5.56 Å². The molecule has 104 valence electrons. The van der Waals surface area contributed by atoms with Crippen molar-refractivity contribution in [2.45, 2.75) is 25.8 Å². The van der Waals surface area contributed by atoms with E-state index in [1.807, 2.05) is 6.92 Å². The van der Waals surface area contributed by atoms with Gasteiger partial charge in [-0.2, -0.15) is 0 Å². The van der Waals surface area contributed by atoms with Crippen molar-refractivity contribution in [3.8, 4) is 5.88 Å². The van der Waals surface area contributed by atoms with Gasteiger partial charge < -0.3 is 15.3 Å². The second-order valence-electron chi connectivity index (χ2n) is 4.69. The fourth-order valence-corrected chi connectivity index (χ4v) is 2.50. The fourth-order valence-electron chi connectivity index (χ4n) is 2.50. The van der Waals surface area contributed by atoms with Crippen molar-refractivity contribution in [2.75, 3.05) is 19.6 Å². The Morgan fingerprint density at radius 3 is 2.68 bits per heavy atom. The van der Waals surface area contributed by atoms with Crippen molar-refractivity contribution in [3.05, 3.63) is 28.0 Å². The molecule has 0 unspecified atom stereocenters. The molecular formula is C13H19N3O3. The number of amides is 1. The van der Waals surface area contributed by atoms with Crippen molar-refractivity contribution in [1.82, 2.24) is 15.2 Å². The Kier molecular flexibility index (Phi) is 4.21. The van der Waals surface area contributed by atoms with Gasteiger partial charge in [-0.1, -0.05) is 0 Å². The second-order valence-corrected chi connectivity index (χ2v) is 4.69. The van der Waals surface area contributed by atoms with Gasteiger partial charge >= 0.3 is 0 Å². The molecule has 1 aliphatic heterocycles. The van der Waals surface area contributed by atoms with E-state index in [0.29, 0.717) is 6.54 Å². The zero-order valence-corrected chi connectivity index (χ0v) is 11.0. The van der Waals surface area contributed by atoms with Crippen LogP contribution in [0.2, 0.25) is 0 Å². The summed E-state index contributed by atoms with van der Waals surface area (Å²) in [6.45, 7) is 4.31. The number of carbonyl (C=O) groups excluding carboxylic acids is 1. The molecule has 6 nitrogen and oxygen atoms in total. The lowest BCUT2D eigenvalue weighted by atomic mass is 10.0. The van der Waals surface area contributed by atoms with E-state index in [4.69, 9.17) is 0 Å². The number of rotatable bonds is 3. The molecule has 3 N–H and O–H groups in total. The van der Waals surface area contributed by atoms with E-state index in [1.165, 1.54) is 12.1 Å². The highest BCUT2D eigenvalue weighted by Crippen LogP contribution is 2.16. The summed E-state index contributed by atoms with van der Waals surface area (Å²) >= 11 is 0. The van der Waals surface area contributed by atoms with Crippen LogP contribution in [-0.4, -0.2) is 46.6 Å². The third-order valence-corrected chi connectivity index (χ3v) is 3.43. The Hall–Kier alpha value is -1.82. The molecule has 1 fully saturated rings. The van der Waals surface area contributed by atoms with Crippen LogP contribution >= 0.6 is 0 Å². The average Bonchev–Trinajstić information content (AvgIpc) is 2.39. The quantitative estimate of drug-likeness (QED) is 0.733. The molecule has 1 amide bonds. The maximum Gasteiger partial charge on any atom is 0.254 e. The van der Waals surface area contributed by atoms with Gasteiger partial charge in [-0.05, 0) is 32.9 Å². The minimum Gasteiger partial charge on any atom is -0.494 e. The van der Waals surface area contributed by atoms with E-state index in [1.54, 1.807) is 4.90 Å². The third-order valence-electron chi connectivity index (χ3n) is 3.43. The van der Waals surface area contributed by atoms with Gasteiger partial charge in [-0.15, -0.1) is 0 Å². The fraction of sp³-hybridized carbons (Fsp3) is 0.538. The summed E-state index contributed by atoms with van der Waals surface area (Å²) in [6, 6.07) is 2.72. The van der Waals surface area contributed by atoms with Gasteiger partial charge in [0, 0.05) is 24.7 Å². The van der Waals surface area contributed by atoms with Crippen molar-refractivity contribution in [2.24, 2.45) is 0 Å². The molecule has 1 aromatic rings. The summed E-state index contributed by atoms with van der Waals surface area (Å²) in [4.78, 5) is 27.7. The number of hydrogen-bond donors (Lipinski definition) is 3. The number of hydrogen-bond acceptors (Lipinski definition) is 4. The molecule has 6 heteroatoms. The monoisotopic (exact) mass is 265 g/mol. The first-order valence-electron chi connectivity index (χ1n) is 6.57. The van der Waals surface area contributed by atoms with Crippen LogP contribution in [0, 0.1) is 0 Å². The SMILES string of the molecule is CCN(C(=O)c1cc(O)[nH]c(=O)c1)C1CCNCC1. The molecule has 19 heavy (non-hydrogen) atoms. The zero-order chi connectivity index (χ0) is 13.8. The normalized spacial score (nSPS) is 16.3. The largest absolute Gasteiger partial charge is 0.494 e. The number of aromatic nitrogens is 1. The van der Waals surface area contributed by atoms with Crippen LogP contribution in [-0.2, 0) is 0 Å². The highest BCUT2D eigenvalue weighted by atomic mass is 16.3. The standard InChI is InChI=1S/C13H19N3O3/c1-2-16(10-3-5-14-6-4-10)13(19)9-7-11(17)15-12(18)8-9/h7-8,10,14H,2-6H2,1H3,(H2,15,17,18). The maximum absolute atomic E-state index is 12.4. The zero-order valence-electron chi connectivity index (χ0n) is 11.0. The van der Waals surface area contributed by atoms with E-state index in [2.05, 4.69) is 10.3 Å². The smallest absolute Gasteiger partial charge is 0.254 e. The van der Waals surface area contributed by atoms with E-state index in [-0.39, 0.29) is 23.4 Å². The molecule has 2 heterocycles. The molecule has 0 radical (unpaired) electrons. The van der Waals surface area contributed by atoms with Gasteiger partial charge in [0.15, 0.2) is 5.88 Å². The van der Waals surface area contributed by atoms with Crippen LogP contribution in [0.25, 0.3) is 0 Å². The van der Waals surface area contributed by atoms with Crippen LogP contribution in [0.4, 0.5) is 0 Å². The Morgan fingerprint density at radius 2 is 2.11 bits per heavy atom. The van der Waals surface area contributed by atoms with Crippen molar-refractivity contribution < 1.29 is 9.90 Å². The molecule has 0 aromatic carbocycles. The number of pyridine rings is 1. The summed E-state index contributed by atoms with van der Waals surface area (Å²) in [5.41, 5.74) is -0.230. The lowest BCUT2D eigenvalue weighted by Gasteiger charge is -2.34. The Balaban J connectivity index is 2.22. The number of aromatic amines is 1. The van der Waals surface area contributed by atoms with Crippen molar-refractivity contribution >= 4 is 5.91 Å². The van der Waals surface area contributed by atoms with Gasteiger partial charge in [0.1, 0.15) is 0 Å². The molecule has 1 aromatic heterocycles. The first kappa shape index (κ1) is 13.6. The highest BCUT2D eigenvalue weighted by molar-refractivity contribution is 5.94. The van der Waals surface area contributed by atoms with Crippen LogP contribution in [0.5, 0.6) is 5.88 Å².